The fraction of sp³-hybridized carbons (Fsp3) is 0.256. The molecule has 1 unspecified atom stereocenters. The van der Waals surface area contributed by atoms with E-state index in [4.69, 9.17) is 9.15 Å². The molecule has 3 heterocycles. The molecule has 0 fully saturated rings. The summed E-state index contributed by atoms with van der Waals surface area (Å²) in [7, 11) is 1.91. The van der Waals surface area contributed by atoms with E-state index in [1.807, 2.05) is 30.3 Å². The van der Waals surface area contributed by atoms with Crippen LogP contribution in [0.25, 0.3) is 55.6 Å². The average molecular weight is 710 g/mol. The highest BCUT2D eigenvalue weighted by atomic mass is 32.2. The van der Waals surface area contributed by atoms with Crippen molar-refractivity contribution >= 4 is 43.5 Å². The monoisotopic (exact) mass is 709 g/mol. The number of amides is 1. The van der Waals surface area contributed by atoms with Crippen LogP contribution in [0.4, 0.5) is 10.1 Å². The smallest absolute Gasteiger partial charge is 0.255 e. The van der Waals surface area contributed by atoms with Gasteiger partial charge in [-0.3, -0.25) is 9.52 Å². The van der Waals surface area contributed by atoms with E-state index in [1.54, 1.807) is 19.1 Å². The maximum absolute atomic E-state index is 13.8. The van der Waals surface area contributed by atoms with E-state index in [0.717, 1.165) is 35.2 Å². The Kier molecular flexibility index (Phi) is 9.32. The number of nitrogens with zero attached hydrogens (tertiary/aromatic N) is 2. The van der Waals surface area contributed by atoms with E-state index in [0.29, 0.717) is 52.2 Å². The van der Waals surface area contributed by atoms with E-state index in [-0.39, 0.29) is 23.1 Å². The number of hydrogen-bond donors (Lipinski definition) is 3. The molecule has 1 atom stereocenters. The van der Waals surface area contributed by atoms with Crippen molar-refractivity contribution < 1.29 is 26.8 Å². The van der Waals surface area contributed by atoms with Crippen molar-refractivity contribution in [3.05, 3.63) is 96.3 Å². The summed E-state index contributed by atoms with van der Waals surface area (Å²) in [4.78, 5) is 15.5. The van der Waals surface area contributed by atoms with Gasteiger partial charge < -0.3 is 29.3 Å². The minimum absolute atomic E-state index is 0.0596. The maximum atomic E-state index is 13.8. The molecule has 0 aliphatic carbocycles. The lowest BCUT2D eigenvalue weighted by Crippen LogP contribution is -2.42. The molecular weight excluding hydrogens is 670 g/mol. The van der Waals surface area contributed by atoms with Crippen LogP contribution in [0.5, 0.6) is 5.75 Å². The number of sulfonamides is 1. The summed E-state index contributed by atoms with van der Waals surface area (Å²) in [5.74, 6) is -0.0181. The van der Waals surface area contributed by atoms with Crippen LogP contribution < -0.4 is 20.1 Å². The first-order chi connectivity index (χ1) is 24.5. The normalized spacial score (nSPS) is 14.5. The number of halogens is 1. The summed E-state index contributed by atoms with van der Waals surface area (Å²) in [6.45, 7) is 4.41. The number of benzene rings is 4. The molecule has 0 spiro atoms. The average Bonchev–Trinajstić information content (AvgIpc) is 3.66. The van der Waals surface area contributed by atoms with Gasteiger partial charge in [-0.15, -0.1) is 0 Å². The number of para-hydroxylation sites is 1. The third kappa shape index (κ3) is 6.82. The number of ether oxygens (including phenoxy) is 1. The number of furan rings is 1. The second-order valence-corrected chi connectivity index (χ2v) is 15.0. The van der Waals surface area contributed by atoms with E-state index < -0.39 is 21.7 Å². The zero-order valence-electron chi connectivity index (χ0n) is 28.9. The van der Waals surface area contributed by atoms with Gasteiger partial charge in [-0.25, -0.2) is 12.8 Å². The van der Waals surface area contributed by atoms with Crippen molar-refractivity contribution in [2.45, 2.75) is 19.5 Å². The first kappa shape index (κ1) is 34.3. The van der Waals surface area contributed by atoms with Gasteiger partial charge in [0.25, 0.3) is 5.91 Å². The summed E-state index contributed by atoms with van der Waals surface area (Å²) in [6.07, 6.45) is 0. The number of likely N-dealkylation sites (N-methyl/N-ethyl adjacent to an activating group) is 1. The summed E-state index contributed by atoms with van der Waals surface area (Å²) < 4.78 is 57.6. The molecule has 4 aromatic carbocycles. The van der Waals surface area contributed by atoms with Crippen molar-refractivity contribution in [3.8, 4) is 39.5 Å². The van der Waals surface area contributed by atoms with Crippen molar-refractivity contribution in [2.24, 2.45) is 0 Å². The third-order valence-electron chi connectivity index (χ3n) is 9.25. The predicted molar refractivity (Wildman–Crippen MR) is 200 cm³/mol. The van der Waals surface area contributed by atoms with Gasteiger partial charge in [0.1, 0.15) is 29.5 Å². The Labute approximate surface area is 296 Å². The lowest BCUT2D eigenvalue weighted by Gasteiger charge is -2.27. The van der Waals surface area contributed by atoms with Crippen molar-refractivity contribution in [2.75, 3.05) is 51.3 Å². The van der Waals surface area contributed by atoms with Crippen LogP contribution in [-0.2, 0) is 16.6 Å². The number of hydrogen-bond acceptors (Lipinski definition) is 7. The fourth-order valence-electron chi connectivity index (χ4n) is 6.59. The Balaban J connectivity index is 1.41. The number of aromatic nitrogens is 1. The third-order valence-corrected chi connectivity index (χ3v) is 10.5. The molecule has 10 nitrogen and oxygen atoms in total. The molecule has 7 rings (SSSR count). The molecule has 2 aromatic heterocycles. The minimum Gasteiger partial charge on any atom is -0.491 e. The molecule has 6 aromatic rings. The Morgan fingerprint density at radius 2 is 1.75 bits per heavy atom. The second kappa shape index (κ2) is 13.9. The molecular formula is C39H40FN5O5S. The van der Waals surface area contributed by atoms with Gasteiger partial charge in [0.15, 0.2) is 0 Å². The molecule has 1 amide bonds. The summed E-state index contributed by atoms with van der Waals surface area (Å²) in [5.41, 5.74) is 5.53. The highest BCUT2D eigenvalue weighted by molar-refractivity contribution is 7.92. The standard InChI is InChI=1S/C39H40FN5O5S/c1-5-51(47,48)43-32-21-36-31(37(39(46)41-2)38(50-36)24-10-13-27(40)14-11-24)20-29(32)25-12-15-35-30(18-25)34-19-26-8-6-7-9-33(26)45(34)22-28(23-49-35)42-16-17-44(3)4/h6-15,18-21,28,42-43H,5,16-17,22-23H2,1-4H3,(H,41,46). The van der Waals surface area contributed by atoms with Crippen LogP contribution in [0.3, 0.4) is 0 Å². The van der Waals surface area contributed by atoms with Crippen molar-refractivity contribution in [3.63, 3.8) is 0 Å². The van der Waals surface area contributed by atoms with Gasteiger partial charge in [0.05, 0.1) is 28.7 Å². The lowest BCUT2D eigenvalue weighted by molar-refractivity contribution is 0.0964. The zero-order chi connectivity index (χ0) is 35.9. The topological polar surface area (TPSA) is 118 Å². The zero-order valence-corrected chi connectivity index (χ0v) is 29.7. The van der Waals surface area contributed by atoms with E-state index in [9.17, 15) is 17.6 Å². The summed E-state index contributed by atoms with van der Waals surface area (Å²) in [6, 6.07) is 25.3. The van der Waals surface area contributed by atoms with Crippen LogP contribution in [0, 0.1) is 5.82 Å². The van der Waals surface area contributed by atoms with Crippen LogP contribution in [0.1, 0.15) is 17.3 Å². The number of fused-ring (bicyclic) bond motifs is 6. The number of nitrogens with one attached hydrogen (secondary N) is 3. The van der Waals surface area contributed by atoms with E-state index >= 15 is 0 Å². The van der Waals surface area contributed by atoms with E-state index in [2.05, 4.69) is 57.1 Å². The highest BCUT2D eigenvalue weighted by Gasteiger charge is 2.27. The number of carbonyl (C=O) groups is 1. The molecule has 51 heavy (non-hydrogen) atoms. The molecule has 0 bridgehead atoms. The van der Waals surface area contributed by atoms with Gasteiger partial charge in [0, 0.05) is 65.7 Å². The van der Waals surface area contributed by atoms with Crippen LogP contribution in [0.2, 0.25) is 0 Å². The lowest BCUT2D eigenvalue weighted by atomic mass is 9.96. The number of carbonyl (C=O) groups excluding carboxylic acids is 1. The molecule has 264 valence electrons. The maximum Gasteiger partial charge on any atom is 0.255 e. The van der Waals surface area contributed by atoms with Gasteiger partial charge in [0.2, 0.25) is 10.0 Å². The Morgan fingerprint density at radius 1 is 0.980 bits per heavy atom. The van der Waals surface area contributed by atoms with Gasteiger partial charge >= 0.3 is 0 Å². The quantitative estimate of drug-likeness (QED) is 0.148. The molecule has 12 heteroatoms. The van der Waals surface area contributed by atoms with E-state index in [1.165, 1.54) is 31.3 Å². The fourth-order valence-corrected chi connectivity index (χ4v) is 7.24. The second-order valence-electron chi connectivity index (χ2n) is 13.0. The molecule has 0 radical (unpaired) electrons. The van der Waals surface area contributed by atoms with Crippen LogP contribution in [-0.4, -0.2) is 76.4 Å². The Hall–Kier alpha value is -5.17. The first-order valence-corrected chi connectivity index (χ1v) is 18.5. The van der Waals surface area contributed by atoms with Gasteiger partial charge in [-0.1, -0.05) is 24.3 Å². The SMILES string of the molecule is CCS(=O)(=O)Nc1cc2oc(-c3ccc(F)cc3)c(C(=O)NC)c2cc1-c1ccc2c(c1)-c1cc3ccccc3n1CC(NCCN(C)C)CO2. The molecule has 1 aliphatic rings. The Morgan fingerprint density at radius 3 is 2.49 bits per heavy atom. The minimum atomic E-state index is -3.72. The van der Waals surface area contributed by atoms with Gasteiger partial charge in [-0.2, -0.15) is 0 Å². The van der Waals surface area contributed by atoms with Crippen molar-refractivity contribution in [1.29, 1.82) is 0 Å². The molecule has 0 saturated carbocycles. The largest absolute Gasteiger partial charge is 0.491 e. The highest BCUT2D eigenvalue weighted by Crippen LogP contribution is 2.43. The molecule has 3 N–H and O–H groups in total. The first-order valence-electron chi connectivity index (χ1n) is 16.9. The number of anilines is 1. The van der Waals surface area contributed by atoms with Crippen molar-refractivity contribution in [1.82, 2.24) is 20.1 Å². The predicted octanol–water partition coefficient (Wildman–Crippen LogP) is 6.56. The summed E-state index contributed by atoms with van der Waals surface area (Å²) >= 11 is 0. The van der Waals surface area contributed by atoms with Crippen LogP contribution in [0.15, 0.2) is 89.3 Å². The summed E-state index contributed by atoms with van der Waals surface area (Å²) in [5, 5.41) is 7.92. The van der Waals surface area contributed by atoms with Gasteiger partial charge in [-0.05, 0) is 81.2 Å². The van der Waals surface area contributed by atoms with Crippen LogP contribution >= 0.6 is 0 Å². The molecule has 1 aliphatic heterocycles. The molecule has 0 saturated heterocycles. The number of rotatable bonds is 10. The Bertz CT molecular complexity index is 2370.